The van der Waals surface area contributed by atoms with Crippen molar-refractivity contribution in [3.63, 3.8) is 0 Å². The van der Waals surface area contributed by atoms with Gasteiger partial charge in [0, 0.05) is 28.3 Å². The third-order valence-electron chi connectivity index (χ3n) is 2.90. The summed E-state index contributed by atoms with van der Waals surface area (Å²) in [4.78, 5) is 16.2. The molecule has 1 aromatic carbocycles. The maximum absolute atomic E-state index is 11.9. The number of nitrogens with zero attached hydrogens (tertiary/aromatic N) is 1. The van der Waals surface area contributed by atoms with E-state index >= 15 is 0 Å². The van der Waals surface area contributed by atoms with Crippen LogP contribution in [-0.4, -0.2) is 23.0 Å². The molecule has 2 rings (SSSR count). The van der Waals surface area contributed by atoms with Crippen LogP contribution >= 0.6 is 11.6 Å². The van der Waals surface area contributed by atoms with Crippen LogP contribution in [-0.2, 0) is 4.79 Å². The molecule has 0 aliphatic rings. The molecule has 4 nitrogen and oxygen atoms in total. The van der Waals surface area contributed by atoms with Crippen molar-refractivity contribution in [2.45, 2.75) is 32.9 Å². The van der Waals surface area contributed by atoms with E-state index in [1.165, 1.54) is 0 Å². The van der Waals surface area contributed by atoms with Crippen LogP contribution in [0.5, 0.6) is 0 Å². The predicted octanol–water partition coefficient (Wildman–Crippen LogP) is 3.21. The van der Waals surface area contributed by atoms with E-state index in [9.17, 15) is 4.79 Å². The maximum Gasteiger partial charge on any atom is 0.242 e. The van der Waals surface area contributed by atoms with Gasteiger partial charge in [-0.25, -0.2) is 0 Å². The molecule has 20 heavy (non-hydrogen) atoms. The largest absolute Gasteiger partial charge is 0.373 e. The molecule has 0 saturated heterocycles. The minimum atomic E-state index is -0.321. The fraction of sp³-hybridized carbons (Fsp3) is 0.333. The standard InChI is InChI=1S/C15H18ClN3O/c1-9(2)18-15(20)10(3)19-13-6-7-17-14-8-11(16)4-5-12(13)14/h4-10H,1-3H3,(H,17,19)(H,18,20). The Labute approximate surface area is 123 Å². The van der Waals surface area contributed by atoms with Gasteiger partial charge in [-0.05, 0) is 45.0 Å². The average Bonchev–Trinajstić information content (AvgIpc) is 2.37. The molecule has 1 unspecified atom stereocenters. The molecule has 0 saturated carbocycles. The summed E-state index contributed by atoms with van der Waals surface area (Å²) in [7, 11) is 0. The Kier molecular flexibility index (Phi) is 4.45. The average molecular weight is 292 g/mol. The molecule has 2 N–H and O–H groups in total. The van der Waals surface area contributed by atoms with Crippen molar-refractivity contribution >= 4 is 34.1 Å². The first-order chi connectivity index (χ1) is 9.47. The van der Waals surface area contributed by atoms with E-state index in [1.807, 2.05) is 39.0 Å². The Morgan fingerprint density at radius 1 is 1.25 bits per heavy atom. The lowest BCUT2D eigenvalue weighted by Gasteiger charge is -2.18. The zero-order chi connectivity index (χ0) is 14.7. The Balaban J connectivity index is 2.23. The lowest BCUT2D eigenvalue weighted by atomic mass is 10.1. The zero-order valence-electron chi connectivity index (χ0n) is 11.8. The van der Waals surface area contributed by atoms with Gasteiger partial charge in [-0.15, -0.1) is 0 Å². The van der Waals surface area contributed by atoms with Gasteiger partial charge in [-0.2, -0.15) is 0 Å². The fourth-order valence-corrected chi connectivity index (χ4v) is 2.12. The van der Waals surface area contributed by atoms with Crippen LogP contribution in [0, 0.1) is 0 Å². The van der Waals surface area contributed by atoms with Crippen LogP contribution in [0.1, 0.15) is 20.8 Å². The molecule has 0 fully saturated rings. The zero-order valence-corrected chi connectivity index (χ0v) is 12.5. The summed E-state index contributed by atoms with van der Waals surface area (Å²) in [5, 5.41) is 7.69. The van der Waals surface area contributed by atoms with Crippen LogP contribution in [0.2, 0.25) is 5.02 Å². The smallest absolute Gasteiger partial charge is 0.242 e. The molecule has 0 spiro atoms. The fourth-order valence-electron chi connectivity index (χ4n) is 1.96. The van der Waals surface area contributed by atoms with E-state index < -0.39 is 0 Å². The quantitative estimate of drug-likeness (QED) is 0.909. The number of benzene rings is 1. The number of anilines is 1. The van der Waals surface area contributed by atoms with Crippen molar-refractivity contribution in [3.8, 4) is 0 Å². The van der Waals surface area contributed by atoms with Crippen molar-refractivity contribution in [2.75, 3.05) is 5.32 Å². The lowest BCUT2D eigenvalue weighted by molar-refractivity contribution is -0.122. The third-order valence-corrected chi connectivity index (χ3v) is 3.14. The van der Waals surface area contributed by atoms with Gasteiger partial charge in [0.15, 0.2) is 0 Å². The molecule has 1 aromatic heterocycles. The maximum atomic E-state index is 11.9. The van der Waals surface area contributed by atoms with E-state index in [0.29, 0.717) is 5.02 Å². The number of pyridine rings is 1. The number of hydrogen-bond donors (Lipinski definition) is 2. The first-order valence-electron chi connectivity index (χ1n) is 6.58. The van der Waals surface area contributed by atoms with E-state index in [-0.39, 0.29) is 18.0 Å². The second-order valence-corrected chi connectivity index (χ2v) is 5.49. The van der Waals surface area contributed by atoms with Gasteiger partial charge in [0.1, 0.15) is 6.04 Å². The number of fused-ring (bicyclic) bond motifs is 1. The molecule has 1 amide bonds. The summed E-state index contributed by atoms with van der Waals surface area (Å²) < 4.78 is 0. The molecule has 1 heterocycles. The molecule has 0 aliphatic heterocycles. The highest BCUT2D eigenvalue weighted by atomic mass is 35.5. The molecule has 106 valence electrons. The number of hydrogen-bond acceptors (Lipinski definition) is 3. The van der Waals surface area contributed by atoms with E-state index in [2.05, 4.69) is 15.6 Å². The molecule has 0 bridgehead atoms. The van der Waals surface area contributed by atoms with Crippen LogP contribution < -0.4 is 10.6 Å². The highest BCUT2D eigenvalue weighted by Crippen LogP contribution is 2.24. The minimum Gasteiger partial charge on any atom is -0.373 e. The summed E-state index contributed by atoms with van der Waals surface area (Å²) >= 11 is 5.96. The SMILES string of the molecule is CC(C)NC(=O)C(C)Nc1ccnc2cc(Cl)ccc12. The summed E-state index contributed by atoms with van der Waals surface area (Å²) in [6, 6.07) is 7.19. The van der Waals surface area contributed by atoms with E-state index in [1.54, 1.807) is 12.3 Å². The number of halogens is 1. The van der Waals surface area contributed by atoms with Crippen LogP contribution in [0.4, 0.5) is 5.69 Å². The Morgan fingerprint density at radius 2 is 2.00 bits per heavy atom. The molecule has 5 heteroatoms. The normalized spacial score (nSPS) is 12.4. The number of carbonyl (C=O) groups is 1. The molecule has 0 aliphatic carbocycles. The molecule has 2 aromatic rings. The van der Waals surface area contributed by atoms with Crippen molar-refractivity contribution in [1.82, 2.24) is 10.3 Å². The van der Waals surface area contributed by atoms with Gasteiger partial charge in [0.2, 0.25) is 5.91 Å². The minimum absolute atomic E-state index is 0.0288. The number of nitrogens with one attached hydrogen (secondary N) is 2. The monoisotopic (exact) mass is 291 g/mol. The predicted molar refractivity (Wildman–Crippen MR) is 83.1 cm³/mol. The van der Waals surface area contributed by atoms with Gasteiger partial charge in [-0.3, -0.25) is 9.78 Å². The summed E-state index contributed by atoms with van der Waals surface area (Å²) in [5.74, 6) is -0.0288. The third kappa shape index (κ3) is 3.39. The molecular formula is C15H18ClN3O. The van der Waals surface area contributed by atoms with E-state index in [0.717, 1.165) is 16.6 Å². The van der Waals surface area contributed by atoms with Gasteiger partial charge < -0.3 is 10.6 Å². The summed E-state index contributed by atoms with van der Waals surface area (Å²) in [5.41, 5.74) is 1.68. The number of amides is 1. The molecule has 0 radical (unpaired) electrons. The van der Waals surface area contributed by atoms with Crippen molar-refractivity contribution in [3.05, 3.63) is 35.5 Å². The van der Waals surface area contributed by atoms with Gasteiger partial charge in [0.05, 0.1) is 5.52 Å². The van der Waals surface area contributed by atoms with Crippen LogP contribution in [0.15, 0.2) is 30.5 Å². The highest BCUT2D eigenvalue weighted by Gasteiger charge is 2.14. The highest BCUT2D eigenvalue weighted by molar-refractivity contribution is 6.31. The first kappa shape index (κ1) is 14.6. The first-order valence-corrected chi connectivity index (χ1v) is 6.96. The Hall–Kier alpha value is -1.81. The van der Waals surface area contributed by atoms with Gasteiger partial charge in [0.25, 0.3) is 0 Å². The number of carbonyl (C=O) groups excluding carboxylic acids is 1. The molecular weight excluding hydrogens is 274 g/mol. The number of rotatable bonds is 4. The Morgan fingerprint density at radius 3 is 2.70 bits per heavy atom. The summed E-state index contributed by atoms with van der Waals surface area (Å²) in [6.07, 6.45) is 1.70. The second kappa shape index (κ2) is 6.09. The van der Waals surface area contributed by atoms with Crippen LogP contribution in [0.25, 0.3) is 10.9 Å². The van der Waals surface area contributed by atoms with Gasteiger partial charge >= 0.3 is 0 Å². The van der Waals surface area contributed by atoms with E-state index in [4.69, 9.17) is 11.6 Å². The van der Waals surface area contributed by atoms with Crippen molar-refractivity contribution in [1.29, 1.82) is 0 Å². The lowest BCUT2D eigenvalue weighted by Crippen LogP contribution is -2.41. The van der Waals surface area contributed by atoms with Crippen LogP contribution in [0.3, 0.4) is 0 Å². The Bertz CT molecular complexity index is 628. The number of aromatic nitrogens is 1. The molecule has 1 atom stereocenters. The topological polar surface area (TPSA) is 54.0 Å². The van der Waals surface area contributed by atoms with Gasteiger partial charge in [-0.1, -0.05) is 11.6 Å². The second-order valence-electron chi connectivity index (χ2n) is 5.05. The summed E-state index contributed by atoms with van der Waals surface area (Å²) in [6.45, 7) is 5.71. The van der Waals surface area contributed by atoms with Crippen molar-refractivity contribution in [2.24, 2.45) is 0 Å². The van der Waals surface area contributed by atoms with Crippen molar-refractivity contribution < 1.29 is 4.79 Å².